The average Bonchev–Trinajstić information content (AvgIpc) is 3.26. The zero-order chi connectivity index (χ0) is 24.0. The van der Waals surface area contributed by atoms with Gasteiger partial charge >= 0.3 is 0 Å². The third-order valence-electron chi connectivity index (χ3n) is 5.98. The third-order valence-corrected chi connectivity index (χ3v) is 7.36. The number of carbonyl (C=O) groups is 3. The zero-order valence-electron chi connectivity index (χ0n) is 18.7. The molecule has 0 bridgehead atoms. The highest BCUT2D eigenvalue weighted by Crippen LogP contribution is 2.55. The first kappa shape index (κ1) is 22.2. The summed E-state index contributed by atoms with van der Waals surface area (Å²) in [5, 5.41) is 2.54. The Morgan fingerprint density at radius 2 is 1.71 bits per heavy atom. The Hall–Kier alpha value is -3.65. The van der Waals surface area contributed by atoms with Crippen molar-refractivity contribution in [3.8, 4) is 0 Å². The van der Waals surface area contributed by atoms with E-state index in [1.807, 2.05) is 44.2 Å². The Morgan fingerprint density at radius 1 is 1.03 bits per heavy atom. The molecule has 1 N–H and O–H groups in total. The molecule has 0 radical (unpaired) electrons. The van der Waals surface area contributed by atoms with Gasteiger partial charge in [0.05, 0.1) is 17.1 Å². The summed E-state index contributed by atoms with van der Waals surface area (Å²) in [5.41, 5.74) is 3.88. The van der Waals surface area contributed by atoms with E-state index in [0.29, 0.717) is 16.9 Å². The monoisotopic (exact) mass is 475 g/mol. The van der Waals surface area contributed by atoms with Crippen molar-refractivity contribution < 1.29 is 18.8 Å². The Kier molecular flexibility index (Phi) is 5.40. The summed E-state index contributed by atoms with van der Waals surface area (Å²) in [6.45, 7) is 3.59. The molecule has 6 nitrogen and oxygen atoms in total. The molecule has 34 heavy (non-hydrogen) atoms. The number of para-hydroxylation sites is 2. The van der Waals surface area contributed by atoms with Gasteiger partial charge in [-0.15, -0.1) is 11.8 Å². The molecule has 0 saturated carbocycles. The van der Waals surface area contributed by atoms with E-state index in [1.54, 1.807) is 23.1 Å². The number of nitrogens with one attached hydrogen (secondary N) is 1. The molecule has 3 aromatic rings. The average molecular weight is 476 g/mol. The number of nitrogens with zero attached hydrogens (tertiary/aromatic N) is 2. The summed E-state index contributed by atoms with van der Waals surface area (Å²) in [7, 11) is 0. The summed E-state index contributed by atoms with van der Waals surface area (Å²) in [4.78, 5) is 41.6. The molecule has 8 heteroatoms. The van der Waals surface area contributed by atoms with E-state index in [-0.39, 0.29) is 29.8 Å². The van der Waals surface area contributed by atoms with Gasteiger partial charge in [0.1, 0.15) is 12.4 Å². The van der Waals surface area contributed by atoms with E-state index in [2.05, 4.69) is 5.32 Å². The van der Waals surface area contributed by atoms with Crippen molar-refractivity contribution in [1.82, 2.24) is 0 Å². The first-order valence-electron chi connectivity index (χ1n) is 10.8. The Labute approximate surface area is 200 Å². The van der Waals surface area contributed by atoms with Crippen molar-refractivity contribution in [2.24, 2.45) is 0 Å². The fraction of sp³-hybridized carbons (Fsp3) is 0.192. The number of benzene rings is 3. The number of fused-ring (bicyclic) bond motifs is 2. The number of halogens is 1. The van der Waals surface area contributed by atoms with Crippen LogP contribution in [-0.2, 0) is 19.3 Å². The van der Waals surface area contributed by atoms with Gasteiger partial charge in [0, 0.05) is 11.3 Å². The maximum Gasteiger partial charge on any atom is 0.269 e. The molecular weight excluding hydrogens is 453 g/mol. The SMILES string of the molecule is Cc1cc(C)cc(N2C(=O)CSC23C(=O)N(CC(=O)Nc2ccccc2F)c2ccccc23)c1. The summed E-state index contributed by atoms with van der Waals surface area (Å²) in [6.07, 6.45) is 0. The van der Waals surface area contributed by atoms with Crippen molar-refractivity contribution in [1.29, 1.82) is 0 Å². The van der Waals surface area contributed by atoms with Gasteiger partial charge in [-0.1, -0.05) is 36.4 Å². The second-order valence-electron chi connectivity index (χ2n) is 8.44. The van der Waals surface area contributed by atoms with Gasteiger partial charge in [-0.3, -0.25) is 24.2 Å². The molecule has 0 aliphatic carbocycles. The van der Waals surface area contributed by atoms with Gasteiger partial charge in [-0.2, -0.15) is 0 Å². The third kappa shape index (κ3) is 3.45. The normalized spacial score (nSPS) is 19.1. The lowest BCUT2D eigenvalue weighted by Gasteiger charge is -2.33. The number of amides is 3. The van der Waals surface area contributed by atoms with Crippen molar-refractivity contribution in [3.63, 3.8) is 0 Å². The second-order valence-corrected chi connectivity index (χ2v) is 9.61. The summed E-state index contributed by atoms with van der Waals surface area (Å²) in [6, 6.07) is 18.8. The largest absolute Gasteiger partial charge is 0.322 e. The van der Waals surface area contributed by atoms with E-state index in [9.17, 15) is 18.8 Å². The number of rotatable bonds is 4. The number of aryl methyl sites for hydroxylation is 2. The summed E-state index contributed by atoms with van der Waals surface area (Å²) >= 11 is 1.26. The van der Waals surface area contributed by atoms with Crippen LogP contribution in [0.25, 0.3) is 0 Å². The summed E-state index contributed by atoms with van der Waals surface area (Å²) < 4.78 is 14.0. The van der Waals surface area contributed by atoms with Crippen LogP contribution in [0.5, 0.6) is 0 Å². The van der Waals surface area contributed by atoms with Crippen molar-refractivity contribution >= 4 is 46.5 Å². The van der Waals surface area contributed by atoms with Crippen molar-refractivity contribution in [2.75, 3.05) is 27.4 Å². The molecule has 1 fully saturated rings. The van der Waals surface area contributed by atoms with Gasteiger partial charge in [-0.05, 0) is 55.3 Å². The number of hydrogen-bond acceptors (Lipinski definition) is 4. The molecule has 1 saturated heterocycles. The molecule has 3 amide bonds. The van der Waals surface area contributed by atoms with E-state index >= 15 is 0 Å². The van der Waals surface area contributed by atoms with Gasteiger partial charge in [0.2, 0.25) is 16.7 Å². The second kappa shape index (κ2) is 8.29. The molecular formula is C26H22FN3O3S. The van der Waals surface area contributed by atoms with Crippen LogP contribution >= 0.6 is 11.8 Å². The van der Waals surface area contributed by atoms with Gasteiger partial charge in [0.15, 0.2) is 0 Å². The van der Waals surface area contributed by atoms with Crippen LogP contribution in [-0.4, -0.2) is 30.0 Å². The van der Waals surface area contributed by atoms with Crippen LogP contribution in [0.15, 0.2) is 66.7 Å². The highest BCUT2D eigenvalue weighted by Gasteiger charge is 2.61. The van der Waals surface area contributed by atoms with Crippen LogP contribution in [0.4, 0.5) is 21.5 Å². The van der Waals surface area contributed by atoms with E-state index < -0.39 is 16.6 Å². The van der Waals surface area contributed by atoms with Crippen LogP contribution < -0.4 is 15.1 Å². The zero-order valence-corrected chi connectivity index (χ0v) is 19.5. The van der Waals surface area contributed by atoms with Crippen LogP contribution in [0.2, 0.25) is 0 Å². The lowest BCUT2D eigenvalue weighted by molar-refractivity contribution is -0.124. The Balaban J connectivity index is 1.54. The molecule has 172 valence electrons. The standard InChI is InChI=1S/C26H22FN3O3S/c1-16-11-17(2)13-18(12-16)30-24(32)15-34-26(30)19-7-3-6-10-22(19)29(25(26)33)14-23(31)28-21-9-5-4-8-20(21)27/h3-13H,14-15H2,1-2H3,(H,28,31). The Bertz CT molecular complexity index is 1320. The lowest BCUT2D eigenvalue weighted by atomic mass is 10.0. The Morgan fingerprint density at radius 3 is 2.44 bits per heavy atom. The molecule has 1 spiro atoms. The molecule has 5 rings (SSSR count). The molecule has 3 aromatic carbocycles. The maximum atomic E-state index is 14.0. The summed E-state index contributed by atoms with van der Waals surface area (Å²) in [5.74, 6) is -1.48. The molecule has 1 atom stereocenters. The minimum atomic E-state index is -1.30. The van der Waals surface area contributed by atoms with Crippen LogP contribution in [0, 0.1) is 19.7 Å². The fourth-order valence-corrected chi connectivity index (χ4v) is 6.05. The quantitative estimate of drug-likeness (QED) is 0.609. The predicted octanol–water partition coefficient (Wildman–Crippen LogP) is 4.36. The van der Waals surface area contributed by atoms with Crippen LogP contribution in [0.3, 0.4) is 0 Å². The van der Waals surface area contributed by atoms with E-state index in [0.717, 1.165) is 11.1 Å². The van der Waals surface area contributed by atoms with Gasteiger partial charge < -0.3 is 5.32 Å². The minimum absolute atomic E-state index is 0.0458. The lowest BCUT2D eigenvalue weighted by Crippen LogP contribution is -2.51. The van der Waals surface area contributed by atoms with Gasteiger partial charge in [0.25, 0.3) is 5.91 Å². The molecule has 2 aliphatic heterocycles. The molecule has 0 aromatic heterocycles. The van der Waals surface area contributed by atoms with E-state index in [4.69, 9.17) is 0 Å². The number of carbonyl (C=O) groups excluding carboxylic acids is 3. The predicted molar refractivity (Wildman–Crippen MR) is 131 cm³/mol. The van der Waals surface area contributed by atoms with Crippen molar-refractivity contribution in [2.45, 2.75) is 18.7 Å². The number of anilines is 3. The molecule has 1 unspecified atom stereocenters. The minimum Gasteiger partial charge on any atom is -0.322 e. The smallest absolute Gasteiger partial charge is 0.269 e. The van der Waals surface area contributed by atoms with Gasteiger partial charge in [-0.25, -0.2) is 4.39 Å². The first-order valence-corrected chi connectivity index (χ1v) is 11.8. The topological polar surface area (TPSA) is 69.7 Å². The highest BCUT2D eigenvalue weighted by molar-refractivity contribution is 8.02. The fourth-order valence-electron chi connectivity index (χ4n) is 4.69. The molecule has 2 aliphatic rings. The van der Waals surface area contributed by atoms with Crippen molar-refractivity contribution in [3.05, 3.63) is 89.2 Å². The van der Waals surface area contributed by atoms with E-state index in [1.165, 1.54) is 34.9 Å². The highest BCUT2D eigenvalue weighted by atomic mass is 32.2. The number of thioether (sulfide) groups is 1. The van der Waals surface area contributed by atoms with Crippen LogP contribution in [0.1, 0.15) is 16.7 Å². The first-order chi connectivity index (χ1) is 16.3. The number of hydrogen-bond donors (Lipinski definition) is 1. The maximum absolute atomic E-state index is 14.0. The molecule has 2 heterocycles.